The highest BCUT2D eigenvalue weighted by Gasteiger charge is 2.27. The lowest BCUT2D eigenvalue weighted by molar-refractivity contribution is -0.116. The van der Waals surface area contributed by atoms with Crippen LogP contribution in [0.15, 0.2) is 46.2 Å². The van der Waals surface area contributed by atoms with E-state index in [4.69, 9.17) is 11.6 Å². The number of anilines is 2. The normalized spacial score (nSPS) is 16.9. The van der Waals surface area contributed by atoms with Crippen molar-refractivity contribution in [1.82, 2.24) is 0 Å². The second-order valence-electron chi connectivity index (χ2n) is 6.26. The minimum atomic E-state index is -3.79. The first-order valence-electron chi connectivity index (χ1n) is 8.05. The van der Waals surface area contributed by atoms with E-state index in [1.165, 1.54) is 6.92 Å². The van der Waals surface area contributed by atoms with Crippen LogP contribution in [0.3, 0.4) is 0 Å². The lowest BCUT2D eigenvalue weighted by Crippen LogP contribution is -2.37. The number of nitrogens with one attached hydrogen (secondary N) is 1. The fourth-order valence-corrected chi connectivity index (χ4v) is 5.10. The molecule has 5 nitrogen and oxygen atoms in total. The van der Waals surface area contributed by atoms with Crippen molar-refractivity contribution in [2.75, 3.05) is 16.2 Å². The van der Waals surface area contributed by atoms with Gasteiger partial charge < -0.3 is 4.90 Å². The maximum atomic E-state index is 12.8. The molecule has 0 saturated heterocycles. The Kier molecular flexibility index (Phi) is 5.23. The highest BCUT2D eigenvalue weighted by molar-refractivity contribution is 8.00. The summed E-state index contributed by atoms with van der Waals surface area (Å²) in [6, 6.07) is 9.85. The molecule has 26 heavy (non-hydrogen) atoms. The van der Waals surface area contributed by atoms with Gasteiger partial charge in [-0.1, -0.05) is 24.6 Å². The first-order chi connectivity index (χ1) is 12.2. The molecule has 0 aromatic heterocycles. The Morgan fingerprint density at radius 1 is 1.27 bits per heavy atom. The van der Waals surface area contributed by atoms with Crippen LogP contribution >= 0.6 is 23.4 Å². The average molecular weight is 411 g/mol. The summed E-state index contributed by atoms with van der Waals surface area (Å²) < 4.78 is 28.1. The van der Waals surface area contributed by atoms with E-state index in [1.807, 2.05) is 13.8 Å². The number of carbonyl (C=O) groups excluding carboxylic acids is 1. The summed E-state index contributed by atoms with van der Waals surface area (Å²) in [5, 5.41) is 0.741. The van der Waals surface area contributed by atoms with Gasteiger partial charge in [0.1, 0.15) is 0 Å². The average Bonchev–Trinajstić information content (AvgIpc) is 2.56. The Morgan fingerprint density at radius 2 is 2.00 bits per heavy atom. The molecule has 0 aliphatic carbocycles. The fraction of sp³-hybridized carbons (Fsp3) is 0.278. The standard InChI is InChI=1S/C18H19ClN2O3S2/c1-11-4-5-14(8-16(11)19)20-26(23,24)15-6-7-18-17(9-15)21(13(3)22)10-12(2)25-18/h4-9,12,20H,10H2,1-3H3. The molecule has 1 atom stereocenters. The molecule has 138 valence electrons. The van der Waals surface area contributed by atoms with Gasteiger partial charge in [0.25, 0.3) is 10.0 Å². The molecule has 2 aromatic carbocycles. The molecule has 0 bridgehead atoms. The highest BCUT2D eigenvalue weighted by atomic mass is 35.5. The summed E-state index contributed by atoms with van der Waals surface area (Å²) in [6.07, 6.45) is 0. The molecule has 1 heterocycles. The Labute approximate surface area is 162 Å². The Bertz CT molecular complexity index is 976. The molecule has 0 saturated carbocycles. The van der Waals surface area contributed by atoms with Crippen molar-refractivity contribution in [3.05, 3.63) is 47.0 Å². The van der Waals surface area contributed by atoms with E-state index in [0.29, 0.717) is 22.9 Å². The molecule has 3 rings (SSSR count). The second kappa shape index (κ2) is 7.13. The molecule has 2 aromatic rings. The van der Waals surface area contributed by atoms with Crippen LogP contribution in [0.2, 0.25) is 5.02 Å². The van der Waals surface area contributed by atoms with Crippen LogP contribution in [-0.4, -0.2) is 26.1 Å². The number of hydrogen-bond acceptors (Lipinski definition) is 4. The maximum Gasteiger partial charge on any atom is 0.261 e. The summed E-state index contributed by atoms with van der Waals surface area (Å²) in [6.45, 7) is 5.92. The quantitative estimate of drug-likeness (QED) is 0.819. The SMILES string of the molecule is CC(=O)N1CC(C)Sc2ccc(S(=O)(=O)Nc3ccc(C)c(Cl)c3)cc21. The first-order valence-corrected chi connectivity index (χ1v) is 10.8. The topological polar surface area (TPSA) is 66.5 Å². The van der Waals surface area contributed by atoms with Crippen molar-refractivity contribution in [3.8, 4) is 0 Å². The summed E-state index contributed by atoms with van der Waals surface area (Å²) in [4.78, 5) is 14.6. The number of rotatable bonds is 3. The number of aryl methyl sites for hydroxylation is 1. The largest absolute Gasteiger partial charge is 0.310 e. The van der Waals surface area contributed by atoms with Gasteiger partial charge in [-0.15, -0.1) is 11.8 Å². The van der Waals surface area contributed by atoms with Crippen molar-refractivity contribution >= 4 is 50.7 Å². The zero-order valence-corrected chi connectivity index (χ0v) is 17.0. The van der Waals surface area contributed by atoms with Crippen molar-refractivity contribution in [2.24, 2.45) is 0 Å². The molecule has 0 radical (unpaired) electrons. The predicted octanol–water partition coefficient (Wildman–Crippen LogP) is 4.30. The highest BCUT2D eigenvalue weighted by Crippen LogP contribution is 2.40. The van der Waals surface area contributed by atoms with E-state index < -0.39 is 10.0 Å². The summed E-state index contributed by atoms with van der Waals surface area (Å²) in [7, 11) is -3.79. The molecular formula is C18H19ClN2O3S2. The lowest BCUT2D eigenvalue weighted by Gasteiger charge is -2.32. The van der Waals surface area contributed by atoms with Gasteiger partial charge in [-0.05, 0) is 42.8 Å². The van der Waals surface area contributed by atoms with E-state index in [2.05, 4.69) is 4.72 Å². The summed E-state index contributed by atoms with van der Waals surface area (Å²) in [5.41, 5.74) is 1.89. The van der Waals surface area contributed by atoms with Gasteiger partial charge in [-0.25, -0.2) is 8.42 Å². The Balaban J connectivity index is 1.97. The van der Waals surface area contributed by atoms with Crippen LogP contribution in [0, 0.1) is 6.92 Å². The predicted molar refractivity (Wildman–Crippen MR) is 107 cm³/mol. The third-order valence-corrected chi connectivity index (χ3v) is 7.04. The molecule has 1 N–H and O–H groups in total. The second-order valence-corrected chi connectivity index (χ2v) is 9.83. The third kappa shape index (κ3) is 3.84. The third-order valence-electron chi connectivity index (χ3n) is 4.10. The molecule has 1 amide bonds. The maximum absolute atomic E-state index is 12.8. The number of fused-ring (bicyclic) bond motifs is 1. The van der Waals surface area contributed by atoms with Crippen molar-refractivity contribution in [2.45, 2.75) is 35.8 Å². The number of halogens is 1. The number of benzene rings is 2. The van der Waals surface area contributed by atoms with E-state index in [0.717, 1.165) is 10.5 Å². The van der Waals surface area contributed by atoms with Crippen LogP contribution in [0.25, 0.3) is 0 Å². The van der Waals surface area contributed by atoms with E-state index in [9.17, 15) is 13.2 Å². The molecule has 1 aliphatic rings. The van der Waals surface area contributed by atoms with Gasteiger partial charge >= 0.3 is 0 Å². The summed E-state index contributed by atoms with van der Waals surface area (Å²) >= 11 is 7.70. The van der Waals surface area contributed by atoms with Crippen molar-refractivity contribution in [1.29, 1.82) is 0 Å². The Hall–Kier alpha value is -1.70. The van der Waals surface area contributed by atoms with Gasteiger partial charge in [0.15, 0.2) is 0 Å². The molecule has 8 heteroatoms. The number of sulfonamides is 1. The number of nitrogens with zero attached hydrogens (tertiary/aromatic N) is 1. The van der Waals surface area contributed by atoms with Crippen LogP contribution in [-0.2, 0) is 14.8 Å². The van der Waals surface area contributed by atoms with Gasteiger partial charge in [0.2, 0.25) is 5.91 Å². The molecule has 0 spiro atoms. The Morgan fingerprint density at radius 3 is 2.65 bits per heavy atom. The number of carbonyl (C=O) groups is 1. The molecular weight excluding hydrogens is 392 g/mol. The number of hydrogen-bond donors (Lipinski definition) is 1. The first kappa shape index (κ1) is 19.1. The summed E-state index contributed by atoms with van der Waals surface area (Å²) in [5.74, 6) is -0.105. The lowest BCUT2D eigenvalue weighted by atomic mass is 10.2. The van der Waals surface area contributed by atoms with E-state index >= 15 is 0 Å². The zero-order chi connectivity index (χ0) is 19.1. The van der Waals surface area contributed by atoms with Crippen LogP contribution in [0.4, 0.5) is 11.4 Å². The van der Waals surface area contributed by atoms with Crippen LogP contribution in [0.1, 0.15) is 19.4 Å². The van der Waals surface area contributed by atoms with Crippen LogP contribution < -0.4 is 9.62 Å². The molecule has 1 aliphatic heterocycles. The zero-order valence-electron chi connectivity index (χ0n) is 14.6. The minimum absolute atomic E-state index is 0.105. The van der Waals surface area contributed by atoms with Crippen molar-refractivity contribution < 1.29 is 13.2 Å². The fourth-order valence-electron chi connectivity index (χ4n) is 2.75. The van der Waals surface area contributed by atoms with Gasteiger partial charge in [-0.3, -0.25) is 9.52 Å². The monoisotopic (exact) mass is 410 g/mol. The van der Waals surface area contributed by atoms with E-state index in [-0.39, 0.29) is 16.1 Å². The van der Waals surface area contributed by atoms with Crippen molar-refractivity contribution in [3.63, 3.8) is 0 Å². The number of thioether (sulfide) groups is 1. The van der Waals surface area contributed by atoms with Gasteiger partial charge in [0, 0.05) is 28.6 Å². The van der Waals surface area contributed by atoms with Gasteiger partial charge in [-0.2, -0.15) is 0 Å². The van der Waals surface area contributed by atoms with Gasteiger partial charge in [0.05, 0.1) is 16.3 Å². The molecule has 0 fully saturated rings. The van der Waals surface area contributed by atoms with E-state index in [1.54, 1.807) is 53.1 Å². The van der Waals surface area contributed by atoms with Crippen LogP contribution in [0.5, 0.6) is 0 Å². The molecule has 1 unspecified atom stereocenters. The smallest absolute Gasteiger partial charge is 0.261 e. The number of amides is 1. The minimum Gasteiger partial charge on any atom is -0.310 e.